The number of halogens is 1. The summed E-state index contributed by atoms with van der Waals surface area (Å²) in [6.07, 6.45) is 0. The summed E-state index contributed by atoms with van der Waals surface area (Å²) in [5.41, 5.74) is 8.52. The van der Waals surface area contributed by atoms with E-state index >= 15 is 0 Å². The smallest absolute Gasteiger partial charge is 0.338 e. The molecule has 2 N–H and O–H groups in total. The zero-order valence-electron chi connectivity index (χ0n) is 15.3. The molecule has 0 bridgehead atoms. The Bertz CT molecular complexity index is 829. The lowest BCUT2D eigenvalue weighted by Crippen LogP contribution is -2.17. The van der Waals surface area contributed by atoms with E-state index in [9.17, 15) is 9.59 Å². The van der Waals surface area contributed by atoms with Gasteiger partial charge in [0.05, 0.1) is 28.9 Å². The molecule has 1 aromatic heterocycles. The Morgan fingerprint density at radius 1 is 1.27 bits per heavy atom. The van der Waals surface area contributed by atoms with Gasteiger partial charge >= 0.3 is 5.97 Å². The van der Waals surface area contributed by atoms with Gasteiger partial charge in [-0.3, -0.25) is 4.79 Å². The Hall–Kier alpha value is -2.31. The SMILES string of the molecule is COC[C@@H](C)n1c(C)cc(C(=O)COC(=O)c2ccc(Cl)c(N)c2)c1C. The van der Waals surface area contributed by atoms with Crippen molar-refractivity contribution in [1.82, 2.24) is 4.57 Å². The fraction of sp³-hybridized carbons (Fsp3) is 0.368. The number of nitrogens with zero attached hydrogens (tertiary/aromatic N) is 1. The highest BCUT2D eigenvalue weighted by atomic mass is 35.5. The van der Waals surface area contributed by atoms with Crippen molar-refractivity contribution in [3.63, 3.8) is 0 Å². The van der Waals surface area contributed by atoms with Gasteiger partial charge in [-0.05, 0) is 45.0 Å². The van der Waals surface area contributed by atoms with Gasteiger partial charge in [0.1, 0.15) is 0 Å². The molecule has 140 valence electrons. The number of nitrogens with two attached hydrogens (primary N) is 1. The summed E-state index contributed by atoms with van der Waals surface area (Å²) < 4.78 is 12.4. The van der Waals surface area contributed by atoms with Crippen molar-refractivity contribution in [2.45, 2.75) is 26.8 Å². The molecule has 2 aromatic rings. The maximum absolute atomic E-state index is 12.5. The number of nitrogen functional groups attached to an aromatic ring is 1. The number of aryl methyl sites for hydroxylation is 1. The number of carbonyl (C=O) groups is 2. The minimum absolute atomic E-state index is 0.0983. The monoisotopic (exact) mass is 378 g/mol. The van der Waals surface area contributed by atoms with E-state index in [1.807, 2.05) is 25.3 Å². The topological polar surface area (TPSA) is 83.5 Å². The number of aromatic nitrogens is 1. The van der Waals surface area contributed by atoms with Crippen molar-refractivity contribution in [3.05, 3.63) is 51.8 Å². The number of hydrogen-bond acceptors (Lipinski definition) is 5. The molecule has 0 spiro atoms. The number of carbonyl (C=O) groups excluding carboxylic acids is 2. The summed E-state index contributed by atoms with van der Waals surface area (Å²) in [6, 6.07) is 6.34. The lowest BCUT2D eigenvalue weighted by Gasteiger charge is -2.17. The number of hydrogen-bond donors (Lipinski definition) is 1. The Morgan fingerprint density at radius 3 is 2.58 bits per heavy atom. The minimum atomic E-state index is -0.622. The molecule has 0 aliphatic heterocycles. The van der Waals surface area contributed by atoms with Crippen molar-refractivity contribution >= 4 is 29.0 Å². The summed E-state index contributed by atoms with van der Waals surface area (Å²) >= 11 is 5.83. The van der Waals surface area contributed by atoms with Crippen LogP contribution >= 0.6 is 11.6 Å². The molecule has 0 saturated carbocycles. The maximum Gasteiger partial charge on any atom is 0.338 e. The molecular weight excluding hydrogens is 356 g/mol. The van der Waals surface area contributed by atoms with Gasteiger partial charge in [-0.2, -0.15) is 0 Å². The molecule has 6 nitrogen and oxygen atoms in total. The predicted octanol–water partition coefficient (Wildman–Crippen LogP) is 3.59. The van der Waals surface area contributed by atoms with Crippen LogP contribution in [0.25, 0.3) is 0 Å². The van der Waals surface area contributed by atoms with Gasteiger partial charge in [0.2, 0.25) is 5.78 Å². The van der Waals surface area contributed by atoms with Gasteiger partial charge < -0.3 is 19.8 Å². The first-order valence-electron chi connectivity index (χ1n) is 8.19. The van der Waals surface area contributed by atoms with Crippen LogP contribution in [0.1, 0.15) is 45.1 Å². The molecule has 2 rings (SSSR count). The summed E-state index contributed by atoms with van der Waals surface area (Å²) in [7, 11) is 1.64. The normalized spacial score (nSPS) is 12.0. The maximum atomic E-state index is 12.5. The van der Waals surface area contributed by atoms with E-state index in [4.69, 9.17) is 26.8 Å². The van der Waals surface area contributed by atoms with Crippen molar-refractivity contribution < 1.29 is 19.1 Å². The number of rotatable bonds is 7. The van der Waals surface area contributed by atoms with Crippen LogP contribution in [-0.4, -0.2) is 36.6 Å². The van der Waals surface area contributed by atoms with E-state index in [0.29, 0.717) is 17.2 Å². The van der Waals surface area contributed by atoms with Crippen LogP contribution in [0.5, 0.6) is 0 Å². The van der Waals surface area contributed by atoms with Gasteiger partial charge in [-0.1, -0.05) is 11.6 Å². The molecule has 7 heteroatoms. The zero-order chi connectivity index (χ0) is 19.4. The highest BCUT2D eigenvalue weighted by molar-refractivity contribution is 6.33. The Morgan fingerprint density at radius 2 is 1.96 bits per heavy atom. The molecule has 0 saturated heterocycles. The minimum Gasteiger partial charge on any atom is -0.454 e. The van der Waals surface area contributed by atoms with E-state index in [2.05, 4.69) is 0 Å². The standard InChI is InChI=1S/C19H23ClN2O4/c1-11-7-15(13(3)22(11)12(2)9-25-4)18(23)10-26-19(24)14-5-6-16(20)17(21)8-14/h5-8,12H,9-10,21H2,1-4H3/t12-/m1/s1. The van der Waals surface area contributed by atoms with Crippen LogP contribution in [0.3, 0.4) is 0 Å². The van der Waals surface area contributed by atoms with E-state index in [0.717, 1.165) is 11.4 Å². The van der Waals surface area contributed by atoms with Gasteiger partial charge in [0, 0.05) is 24.1 Å². The molecule has 1 atom stereocenters. The fourth-order valence-electron chi connectivity index (χ4n) is 3.02. The average Bonchev–Trinajstić information content (AvgIpc) is 2.89. The highest BCUT2D eigenvalue weighted by Gasteiger charge is 2.20. The van der Waals surface area contributed by atoms with E-state index in [1.54, 1.807) is 13.2 Å². The molecule has 1 aromatic carbocycles. The number of esters is 1. The van der Waals surface area contributed by atoms with Crippen LogP contribution in [0, 0.1) is 13.8 Å². The number of Topliss-reactive ketones (excluding diaryl/α,β-unsaturated/α-hetero) is 1. The molecule has 0 amide bonds. The van der Waals surface area contributed by atoms with Crippen LogP contribution in [0.15, 0.2) is 24.3 Å². The Kier molecular flexibility index (Phi) is 6.45. The summed E-state index contributed by atoms with van der Waals surface area (Å²) in [5.74, 6) is -0.882. The molecule has 0 radical (unpaired) electrons. The van der Waals surface area contributed by atoms with Crippen molar-refractivity contribution in [2.75, 3.05) is 26.1 Å². The highest BCUT2D eigenvalue weighted by Crippen LogP contribution is 2.22. The number of anilines is 1. The summed E-state index contributed by atoms with van der Waals surface area (Å²) in [6.45, 7) is 6.01. The van der Waals surface area contributed by atoms with Crippen LogP contribution < -0.4 is 5.73 Å². The molecule has 1 heterocycles. The third-order valence-electron chi connectivity index (χ3n) is 4.20. The lowest BCUT2D eigenvalue weighted by molar-refractivity contribution is 0.0474. The average molecular weight is 379 g/mol. The fourth-order valence-corrected chi connectivity index (χ4v) is 3.13. The third-order valence-corrected chi connectivity index (χ3v) is 4.54. The van der Waals surface area contributed by atoms with Crippen LogP contribution in [-0.2, 0) is 9.47 Å². The van der Waals surface area contributed by atoms with Crippen LogP contribution in [0.4, 0.5) is 5.69 Å². The van der Waals surface area contributed by atoms with Gasteiger partial charge in [0.25, 0.3) is 0 Å². The molecule has 0 fully saturated rings. The van der Waals surface area contributed by atoms with E-state index in [-0.39, 0.29) is 29.7 Å². The lowest BCUT2D eigenvalue weighted by atomic mass is 10.1. The number of methoxy groups -OCH3 is 1. The van der Waals surface area contributed by atoms with E-state index in [1.165, 1.54) is 18.2 Å². The first-order chi connectivity index (χ1) is 12.3. The van der Waals surface area contributed by atoms with Crippen molar-refractivity contribution in [1.29, 1.82) is 0 Å². The Balaban J connectivity index is 2.09. The molecule has 0 unspecified atom stereocenters. The second-order valence-corrected chi connectivity index (χ2v) is 6.60. The molecule has 26 heavy (non-hydrogen) atoms. The number of benzene rings is 1. The van der Waals surface area contributed by atoms with Gasteiger partial charge in [-0.25, -0.2) is 4.79 Å². The first kappa shape index (κ1) is 20.0. The van der Waals surface area contributed by atoms with E-state index < -0.39 is 5.97 Å². The largest absolute Gasteiger partial charge is 0.454 e. The Labute approximate surface area is 157 Å². The second kappa shape index (κ2) is 8.38. The van der Waals surface area contributed by atoms with Crippen LogP contribution in [0.2, 0.25) is 5.02 Å². The van der Waals surface area contributed by atoms with Gasteiger partial charge in [-0.15, -0.1) is 0 Å². The predicted molar refractivity (Wildman–Crippen MR) is 101 cm³/mol. The zero-order valence-corrected chi connectivity index (χ0v) is 16.1. The molecular formula is C19H23ClN2O4. The second-order valence-electron chi connectivity index (χ2n) is 6.19. The van der Waals surface area contributed by atoms with Crippen molar-refractivity contribution in [3.8, 4) is 0 Å². The van der Waals surface area contributed by atoms with Gasteiger partial charge in [0.15, 0.2) is 6.61 Å². The summed E-state index contributed by atoms with van der Waals surface area (Å²) in [5, 5.41) is 0.357. The quantitative estimate of drug-likeness (QED) is 0.452. The summed E-state index contributed by atoms with van der Waals surface area (Å²) in [4.78, 5) is 24.6. The molecule has 0 aliphatic rings. The number of ether oxygens (including phenoxy) is 2. The van der Waals surface area contributed by atoms with Crippen molar-refractivity contribution in [2.24, 2.45) is 0 Å². The number of ketones is 1. The third kappa shape index (κ3) is 4.26. The molecule has 0 aliphatic carbocycles. The first-order valence-corrected chi connectivity index (χ1v) is 8.56.